The van der Waals surface area contributed by atoms with Gasteiger partial charge in [0.15, 0.2) is 11.6 Å². The molecule has 0 saturated heterocycles. The van der Waals surface area contributed by atoms with Gasteiger partial charge in [0.1, 0.15) is 0 Å². The Morgan fingerprint density at radius 2 is 2.05 bits per heavy atom. The van der Waals surface area contributed by atoms with E-state index < -0.39 is 17.7 Å². The molecule has 2 N–H and O–H groups in total. The molecule has 1 amide bonds. The lowest BCUT2D eigenvalue weighted by Gasteiger charge is -2.26. The SMILES string of the molecule is O=C(O)NC1CCCc2cc(-c3cccc(F)c3F)ccc21. The average molecular weight is 303 g/mol. The molecule has 3 rings (SSSR count). The van der Waals surface area contributed by atoms with Gasteiger partial charge in [-0.3, -0.25) is 0 Å². The zero-order chi connectivity index (χ0) is 15.7. The van der Waals surface area contributed by atoms with Gasteiger partial charge in [-0.15, -0.1) is 0 Å². The first-order chi connectivity index (χ1) is 10.6. The van der Waals surface area contributed by atoms with E-state index in [1.54, 1.807) is 12.1 Å². The van der Waals surface area contributed by atoms with E-state index in [-0.39, 0.29) is 11.6 Å². The predicted octanol–water partition coefficient (Wildman–Crippen LogP) is 4.28. The molecule has 0 radical (unpaired) electrons. The molecule has 22 heavy (non-hydrogen) atoms. The van der Waals surface area contributed by atoms with Gasteiger partial charge >= 0.3 is 6.09 Å². The van der Waals surface area contributed by atoms with Crippen LogP contribution in [0.5, 0.6) is 0 Å². The standard InChI is InChI=1S/C17H15F2NO2/c18-14-5-2-4-13(16(14)19)11-7-8-12-10(9-11)3-1-6-15(12)20-17(21)22/h2,4-5,7-9,15,20H,1,3,6H2,(H,21,22). The predicted molar refractivity (Wildman–Crippen MR) is 78.6 cm³/mol. The topological polar surface area (TPSA) is 49.3 Å². The molecular weight excluding hydrogens is 288 g/mol. The molecule has 1 atom stereocenters. The highest BCUT2D eigenvalue weighted by Crippen LogP contribution is 2.34. The summed E-state index contributed by atoms with van der Waals surface area (Å²) in [6.07, 6.45) is 1.34. The minimum absolute atomic E-state index is 0.219. The summed E-state index contributed by atoms with van der Waals surface area (Å²) in [5, 5.41) is 11.4. The molecule has 0 saturated carbocycles. The first kappa shape index (κ1) is 14.5. The number of carboxylic acid groups (broad SMARTS) is 1. The van der Waals surface area contributed by atoms with E-state index in [9.17, 15) is 13.6 Å². The Bertz CT molecular complexity index is 731. The fourth-order valence-corrected chi connectivity index (χ4v) is 3.01. The van der Waals surface area contributed by atoms with Crippen LogP contribution >= 0.6 is 0 Å². The lowest BCUT2D eigenvalue weighted by molar-refractivity contribution is 0.188. The molecule has 0 bridgehead atoms. The van der Waals surface area contributed by atoms with Crippen LogP contribution in [0, 0.1) is 11.6 Å². The quantitative estimate of drug-likeness (QED) is 0.870. The van der Waals surface area contributed by atoms with Gasteiger partial charge in [-0.05, 0) is 42.0 Å². The van der Waals surface area contributed by atoms with Crippen molar-refractivity contribution >= 4 is 6.09 Å². The molecule has 1 aliphatic rings. The highest BCUT2D eigenvalue weighted by atomic mass is 19.2. The van der Waals surface area contributed by atoms with Crippen LogP contribution in [-0.4, -0.2) is 11.2 Å². The van der Waals surface area contributed by atoms with Gasteiger partial charge in [0.25, 0.3) is 0 Å². The van der Waals surface area contributed by atoms with Crippen molar-refractivity contribution < 1.29 is 18.7 Å². The Balaban J connectivity index is 2.00. The number of carbonyl (C=O) groups is 1. The van der Waals surface area contributed by atoms with Gasteiger partial charge in [0.05, 0.1) is 6.04 Å². The van der Waals surface area contributed by atoms with Crippen molar-refractivity contribution in [3.05, 3.63) is 59.2 Å². The molecule has 114 valence electrons. The van der Waals surface area contributed by atoms with Gasteiger partial charge in [-0.25, -0.2) is 13.6 Å². The van der Waals surface area contributed by atoms with E-state index in [2.05, 4.69) is 5.32 Å². The Hall–Kier alpha value is -2.43. The van der Waals surface area contributed by atoms with Crippen molar-refractivity contribution in [3.8, 4) is 11.1 Å². The maximum absolute atomic E-state index is 13.9. The monoisotopic (exact) mass is 303 g/mol. The van der Waals surface area contributed by atoms with Crippen LogP contribution in [0.25, 0.3) is 11.1 Å². The van der Waals surface area contributed by atoms with Crippen LogP contribution < -0.4 is 5.32 Å². The summed E-state index contributed by atoms with van der Waals surface area (Å²) < 4.78 is 27.3. The summed E-state index contributed by atoms with van der Waals surface area (Å²) in [6, 6.07) is 9.19. The zero-order valence-electron chi connectivity index (χ0n) is 11.8. The molecule has 3 nitrogen and oxygen atoms in total. The van der Waals surface area contributed by atoms with Crippen molar-refractivity contribution in [2.75, 3.05) is 0 Å². The number of aryl methyl sites for hydroxylation is 1. The summed E-state index contributed by atoms with van der Waals surface area (Å²) in [5.41, 5.74) is 2.71. The molecule has 0 aromatic heterocycles. The highest BCUT2D eigenvalue weighted by molar-refractivity contribution is 5.68. The third-order valence-corrected chi connectivity index (χ3v) is 4.02. The first-order valence-electron chi connectivity index (χ1n) is 7.13. The summed E-state index contributed by atoms with van der Waals surface area (Å²) in [6.45, 7) is 0. The van der Waals surface area contributed by atoms with Gasteiger partial charge in [0, 0.05) is 5.56 Å². The minimum atomic E-state index is -1.06. The van der Waals surface area contributed by atoms with E-state index in [0.29, 0.717) is 5.56 Å². The minimum Gasteiger partial charge on any atom is -0.465 e. The molecule has 5 heteroatoms. The second-order valence-electron chi connectivity index (χ2n) is 5.41. The van der Waals surface area contributed by atoms with E-state index >= 15 is 0 Å². The molecule has 1 unspecified atom stereocenters. The molecule has 2 aromatic rings. The van der Waals surface area contributed by atoms with Gasteiger partial charge in [-0.1, -0.05) is 30.3 Å². The molecule has 0 fully saturated rings. The number of hydrogen-bond donors (Lipinski definition) is 2. The second kappa shape index (κ2) is 5.75. The summed E-state index contributed by atoms with van der Waals surface area (Å²) in [7, 11) is 0. The lowest BCUT2D eigenvalue weighted by atomic mass is 9.85. The third kappa shape index (κ3) is 2.66. The van der Waals surface area contributed by atoms with Crippen LogP contribution in [-0.2, 0) is 6.42 Å². The van der Waals surface area contributed by atoms with Gasteiger partial charge in [0.2, 0.25) is 0 Å². The van der Waals surface area contributed by atoms with E-state index in [4.69, 9.17) is 5.11 Å². The Morgan fingerprint density at radius 1 is 1.23 bits per heavy atom. The normalized spacial score (nSPS) is 16.9. The second-order valence-corrected chi connectivity index (χ2v) is 5.41. The number of hydrogen-bond acceptors (Lipinski definition) is 1. The molecule has 0 spiro atoms. The first-order valence-corrected chi connectivity index (χ1v) is 7.13. The van der Waals surface area contributed by atoms with Crippen LogP contribution in [0.15, 0.2) is 36.4 Å². The maximum Gasteiger partial charge on any atom is 0.405 e. The Morgan fingerprint density at radius 3 is 2.82 bits per heavy atom. The molecule has 2 aromatic carbocycles. The number of fused-ring (bicyclic) bond motifs is 1. The average Bonchev–Trinajstić information content (AvgIpc) is 2.49. The van der Waals surface area contributed by atoms with Gasteiger partial charge < -0.3 is 10.4 Å². The van der Waals surface area contributed by atoms with Crippen LogP contribution in [0.2, 0.25) is 0 Å². The summed E-state index contributed by atoms with van der Waals surface area (Å²) >= 11 is 0. The summed E-state index contributed by atoms with van der Waals surface area (Å²) in [5.74, 6) is -1.74. The fourth-order valence-electron chi connectivity index (χ4n) is 3.01. The van der Waals surface area contributed by atoms with E-state index in [1.165, 1.54) is 12.1 Å². The van der Waals surface area contributed by atoms with E-state index in [1.807, 2.05) is 6.07 Å². The maximum atomic E-state index is 13.9. The van der Waals surface area contributed by atoms with Crippen LogP contribution in [0.4, 0.5) is 13.6 Å². The molecular formula is C17H15F2NO2. The van der Waals surface area contributed by atoms with Crippen LogP contribution in [0.1, 0.15) is 30.0 Å². The summed E-state index contributed by atoms with van der Waals surface area (Å²) in [4.78, 5) is 10.8. The lowest BCUT2D eigenvalue weighted by Crippen LogP contribution is -2.29. The Kier molecular flexibility index (Phi) is 3.79. The van der Waals surface area contributed by atoms with Crippen molar-refractivity contribution in [2.45, 2.75) is 25.3 Å². The van der Waals surface area contributed by atoms with Crippen molar-refractivity contribution in [1.82, 2.24) is 5.32 Å². The number of nitrogens with one attached hydrogen (secondary N) is 1. The van der Waals surface area contributed by atoms with Crippen molar-refractivity contribution in [2.24, 2.45) is 0 Å². The number of benzene rings is 2. The highest BCUT2D eigenvalue weighted by Gasteiger charge is 2.22. The number of halogens is 2. The van der Waals surface area contributed by atoms with Crippen molar-refractivity contribution in [3.63, 3.8) is 0 Å². The molecule has 0 aliphatic heterocycles. The smallest absolute Gasteiger partial charge is 0.405 e. The Labute approximate surface area is 126 Å². The van der Waals surface area contributed by atoms with Crippen LogP contribution in [0.3, 0.4) is 0 Å². The fraction of sp³-hybridized carbons (Fsp3) is 0.235. The van der Waals surface area contributed by atoms with E-state index in [0.717, 1.165) is 36.5 Å². The zero-order valence-corrected chi connectivity index (χ0v) is 11.8. The number of amides is 1. The largest absolute Gasteiger partial charge is 0.465 e. The molecule has 0 heterocycles. The van der Waals surface area contributed by atoms with Crippen molar-refractivity contribution in [1.29, 1.82) is 0 Å². The van der Waals surface area contributed by atoms with Gasteiger partial charge in [-0.2, -0.15) is 0 Å². The molecule has 1 aliphatic carbocycles. The third-order valence-electron chi connectivity index (χ3n) is 4.02. The number of rotatable bonds is 2.